The van der Waals surface area contributed by atoms with E-state index in [-0.39, 0.29) is 17.1 Å². The molecule has 0 saturated carbocycles. The molecule has 5 nitrogen and oxygen atoms in total. The van der Waals surface area contributed by atoms with Gasteiger partial charge in [-0.3, -0.25) is 0 Å². The number of para-hydroxylation sites is 2. The molecule has 0 spiro atoms. The number of hydrogen-bond acceptors (Lipinski definition) is 4. The van der Waals surface area contributed by atoms with E-state index in [1.54, 1.807) is 36.4 Å². The number of aromatic nitrogens is 1. The lowest BCUT2D eigenvalue weighted by Crippen LogP contribution is -2.05. The number of rotatable bonds is 6. The number of nitrogens with zero attached hydrogens (tertiary/aromatic N) is 1. The number of carbonyl (C=O) groups is 1. The predicted octanol–water partition coefficient (Wildman–Crippen LogP) is 4.71. The summed E-state index contributed by atoms with van der Waals surface area (Å²) in [6.07, 6.45) is 3.05. The van der Waals surface area contributed by atoms with Crippen molar-refractivity contribution in [2.24, 2.45) is 0 Å². The van der Waals surface area contributed by atoms with Gasteiger partial charge in [-0.05, 0) is 30.4 Å². The fourth-order valence-electron chi connectivity index (χ4n) is 2.67. The molecule has 0 atom stereocenters. The van der Waals surface area contributed by atoms with Crippen LogP contribution in [0.5, 0.6) is 11.5 Å². The fourth-order valence-corrected chi connectivity index (χ4v) is 2.67. The summed E-state index contributed by atoms with van der Waals surface area (Å²) in [5.74, 6) is -1.02. The van der Waals surface area contributed by atoms with Gasteiger partial charge in [0.15, 0.2) is 11.5 Å². The molecule has 3 aromatic rings. The third-order valence-electron chi connectivity index (χ3n) is 3.84. The van der Waals surface area contributed by atoms with Gasteiger partial charge in [0, 0.05) is 10.9 Å². The summed E-state index contributed by atoms with van der Waals surface area (Å²) >= 11 is 0. The summed E-state index contributed by atoms with van der Waals surface area (Å²) < 4.78 is 35.1. The van der Waals surface area contributed by atoms with Crippen LogP contribution in [0.25, 0.3) is 23.1 Å². The quantitative estimate of drug-likeness (QED) is 0.679. The van der Waals surface area contributed by atoms with Crippen molar-refractivity contribution in [1.82, 2.24) is 4.98 Å². The Kier molecular flexibility index (Phi) is 5.30. The summed E-state index contributed by atoms with van der Waals surface area (Å²) in [7, 11) is 1.35. The highest BCUT2D eigenvalue weighted by atomic mass is 19.3. The molecule has 0 saturated heterocycles. The maximum Gasteiger partial charge on any atom is 0.387 e. The Balaban J connectivity index is 2.05. The first-order valence-electron chi connectivity index (χ1n) is 7.92. The molecule has 0 bridgehead atoms. The van der Waals surface area contributed by atoms with Crippen molar-refractivity contribution in [2.45, 2.75) is 6.61 Å². The van der Waals surface area contributed by atoms with E-state index in [1.165, 1.54) is 31.4 Å². The first-order valence-corrected chi connectivity index (χ1v) is 7.92. The Morgan fingerprint density at radius 1 is 1.15 bits per heavy atom. The number of carboxylic acids is 1. The second kappa shape index (κ2) is 7.82. The maximum absolute atomic E-state index is 12.7. The van der Waals surface area contributed by atoms with Crippen LogP contribution >= 0.6 is 0 Å². The van der Waals surface area contributed by atoms with Gasteiger partial charge in [-0.2, -0.15) is 8.78 Å². The van der Waals surface area contributed by atoms with Gasteiger partial charge in [-0.15, -0.1) is 0 Å². The van der Waals surface area contributed by atoms with Crippen molar-refractivity contribution < 1.29 is 28.2 Å². The SMILES string of the molecule is COc1cccc(/C=C/c2cc(C(=O)O)c3ccccc3n2)c1OC(F)F. The molecule has 1 aromatic heterocycles. The molecule has 1 heterocycles. The number of halogens is 2. The summed E-state index contributed by atoms with van der Waals surface area (Å²) in [5, 5.41) is 9.95. The third-order valence-corrected chi connectivity index (χ3v) is 3.84. The molecule has 2 aromatic carbocycles. The standard InChI is InChI=1S/C20H15F2NO4/c1-26-17-8-4-5-12(18(17)27-20(21)22)9-10-13-11-15(19(24)25)14-6-2-3-7-16(14)23-13/h2-11,20H,1H3,(H,24,25)/b10-9+. The molecular formula is C20H15F2NO4. The summed E-state index contributed by atoms with van der Waals surface area (Å²) in [6.45, 7) is -3.01. The van der Waals surface area contributed by atoms with E-state index in [1.807, 2.05) is 0 Å². The minimum absolute atomic E-state index is 0.106. The van der Waals surface area contributed by atoms with Crippen molar-refractivity contribution in [3.63, 3.8) is 0 Å². The van der Waals surface area contributed by atoms with E-state index in [0.29, 0.717) is 22.2 Å². The van der Waals surface area contributed by atoms with Crippen molar-refractivity contribution in [3.8, 4) is 11.5 Å². The Morgan fingerprint density at radius 2 is 1.93 bits per heavy atom. The van der Waals surface area contributed by atoms with Crippen molar-refractivity contribution in [3.05, 3.63) is 65.4 Å². The maximum atomic E-state index is 12.7. The molecule has 0 radical (unpaired) electrons. The van der Waals surface area contributed by atoms with E-state index in [4.69, 9.17) is 4.74 Å². The molecule has 1 N–H and O–H groups in total. The summed E-state index contributed by atoms with van der Waals surface area (Å²) in [6, 6.07) is 13.0. The summed E-state index contributed by atoms with van der Waals surface area (Å²) in [5.41, 5.74) is 1.35. The number of ether oxygens (including phenoxy) is 2. The average Bonchev–Trinajstić information content (AvgIpc) is 2.65. The van der Waals surface area contributed by atoms with Gasteiger partial charge in [-0.25, -0.2) is 9.78 Å². The average molecular weight is 371 g/mol. The van der Waals surface area contributed by atoms with Crippen LogP contribution in [0.3, 0.4) is 0 Å². The minimum Gasteiger partial charge on any atom is -0.493 e. The number of carboxylic acid groups (broad SMARTS) is 1. The molecule has 3 rings (SSSR count). The molecule has 0 aliphatic heterocycles. The number of alkyl halides is 2. The van der Waals surface area contributed by atoms with Crippen LogP contribution in [0.4, 0.5) is 8.78 Å². The number of fused-ring (bicyclic) bond motifs is 1. The number of benzene rings is 2. The molecule has 7 heteroatoms. The molecule has 0 amide bonds. The second-order valence-electron chi connectivity index (χ2n) is 5.51. The van der Waals surface area contributed by atoms with Crippen LogP contribution in [0.1, 0.15) is 21.6 Å². The van der Waals surface area contributed by atoms with Gasteiger partial charge in [-0.1, -0.05) is 30.3 Å². The second-order valence-corrected chi connectivity index (χ2v) is 5.51. The van der Waals surface area contributed by atoms with Crippen LogP contribution in [0.2, 0.25) is 0 Å². The topological polar surface area (TPSA) is 68.7 Å². The highest BCUT2D eigenvalue weighted by Crippen LogP contribution is 2.33. The predicted molar refractivity (Wildman–Crippen MR) is 97.3 cm³/mol. The van der Waals surface area contributed by atoms with E-state index < -0.39 is 12.6 Å². The number of methoxy groups -OCH3 is 1. The zero-order chi connectivity index (χ0) is 19.4. The number of hydrogen-bond donors (Lipinski definition) is 1. The van der Waals surface area contributed by atoms with E-state index in [9.17, 15) is 18.7 Å². The van der Waals surface area contributed by atoms with Crippen LogP contribution in [0, 0.1) is 0 Å². The van der Waals surface area contributed by atoms with Gasteiger partial charge in [0.1, 0.15) is 0 Å². The highest BCUT2D eigenvalue weighted by molar-refractivity contribution is 6.03. The van der Waals surface area contributed by atoms with Crippen molar-refractivity contribution in [1.29, 1.82) is 0 Å². The lowest BCUT2D eigenvalue weighted by atomic mass is 10.1. The zero-order valence-corrected chi connectivity index (χ0v) is 14.2. The van der Waals surface area contributed by atoms with Crippen molar-refractivity contribution in [2.75, 3.05) is 7.11 Å². The van der Waals surface area contributed by atoms with Crippen LogP contribution in [-0.2, 0) is 0 Å². The molecule has 27 heavy (non-hydrogen) atoms. The monoisotopic (exact) mass is 371 g/mol. The van der Waals surface area contributed by atoms with Crippen LogP contribution in [0.15, 0.2) is 48.5 Å². The largest absolute Gasteiger partial charge is 0.493 e. The fraction of sp³-hybridized carbons (Fsp3) is 0.100. The minimum atomic E-state index is -3.01. The molecular weight excluding hydrogens is 356 g/mol. The lowest BCUT2D eigenvalue weighted by molar-refractivity contribution is -0.0513. The molecule has 0 aliphatic carbocycles. The van der Waals surface area contributed by atoms with Gasteiger partial charge in [0.2, 0.25) is 0 Å². The molecule has 0 unspecified atom stereocenters. The number of aromatic carboxylic acids is 1. The van der Waals surface area contributed by atoms with E-state index in [0.717, 1.165) is 0 Å². The third kappa shape index (κ3) is 4.03. The molecule has 0 fully saturated rings. The van der Waals surface area contributed by atoms with Gasteiger partial charge in [0.25, 0.3) is 0 Å². The van der Waals surface area contributed by atoms with Crippen LogP contribution in [-0.4, -0.2) is 29.8 Å². The zero-order valence-electron chi connectivity index (χ0n) is 14.2. The van der Waals surface area contributed by atoms with Gasteiger partial charge >= 0.3 is 12.6 Å². The molecule has 0 aliphatic rings. The Labute approximate surface area is 153 Å². The summed E-state index contributed by atoms with van der Waals surface area (Å²) in [4.78, 5) is 15.9. The van der Waals surface area contributed by atoms with E-state index >= 15 is 0 Å². The first kappa shape index (κ1) is 18.3. The van der Waals surface area contributed by atoms with E-state index in [2.05, 4.69) is 9.72 Å². The highest BCUT2D eigenvalue weighted by Gasteiger charge is 2.14. The smallest absolute Gasteiger partial charge is 0.387 e. The molecule has 138 valence electrons. The van der Waals surface area contributed by atoms with Crippen molar-refractivity contribution >= 4 is 29.0 Å². The lowest BCUT2D eigenvalue weighted by Gasteiger charge is -2.12. The van der Waals surface area contributed by atoms with Gasteiger partial charge < -0.3 is 14.6 Å². The van der Waals surface area contributed by atoms with Gasteiger partial charge in [0.05, 0.1) is 23.9 Å². The van der Waals surface area contributed by atoms with Crippen LogP contribution < -0.4 is 9.47 Å². The number of pyridine rings is 1. The Morgan fingerprint density at radius 3 is 2.63 bits per heavy atom. The normalized spacial score (nSPS) is 11.3. The first-order chi connectivity index (χ1) is 13.0. The Bertz CT molecular complexity index is 1020. The Hall–Kier alpha value is -3.48.